The Morgan fingerprint density at radius 1 is 1.45 bits per heavy atom. The van der Waals surface area contributed by atoms with Crippen LogP contribution >= 0.6 is 11.3 Å². The van der Waals surface area contributed by atoms with Crippen LogP contribution in [-0.4, -0.2) is 30.7 Å². The number of hydrogen-bond acceptors (Lipinski definition) is 4. The maximum Gasteiger partial charge on any atom is 0.318 e. The maximum absolute atomic E-state index is 12.5. The van der Waals surface area contributed by atoms with Gasteiger partial charge in [-0.1, -0.05) is 6.92 Å². The molecular weight excluding hydrogens is 300 g/mol. The van der Waals surface area contributed by atoms with Crippen molar-refractivity contribution in [3.05, 3.63) is 46.0 Å². The molecule has 3 rings (SSSR count). The largest absolute Gasteiger partial charge is 0.464 e. The van der Waals surface area contributed by atoms with Gasteiger partial charge < -0.3 is 19.4 Å². The van der Waals surface area contributed by atoms with Gasteiger partial charge in [-0.05, 0) is 34.5 Å². The van der Waals surface area contributed by atoms with Gasteiger partial charge in [-0.15, -0.1) is 0 Å². The lowest BCUT2D eigenvalue weighted by atomic mass is 10.2. The number of furan rings is 1. The molecule has 0 radical (unpaired) electrons. The van der Waals surface area contributed by atoms with Gasteiger partial charge in [0.25, 0.3) is 0 Å². The molecule has 2 aromatic rings. The molecular formula is C16H20N2O3S. The van der Waals surface area contributed by atoms with Crippen LogP contribution in [0.3, 0.4) is 0 Å². The number of nitrogens with one attached hydrogen (secondary N) is 1. The number of thiophene rings is 1. The maximum atomic E-state index is 12.5. The van der Waals surface area contributed by atoms with E-state index in [9.17, 15) is 4.79 Å². The zero-order valence-corrected chi connectivity index (χ0v) is 13.4. The average molecular weight is 320 g/mol. The lowest BCUT2D eigenvalue weighted by molar-refractivity contribution is 0.00392. The van der Waals surface area contributed by atoms with Crippen molar-refractivity contribution >= 4 is 17.4 Å². The highest BCUT2D eigenvalue weighted by Gasteiger charge is 2.30. The Kier molecular flexibility index (Phi) is 4.80. The molecule has 2 amide bonds. The van der Waals surface area contributed by atoms with Crippen LogP contribution < -0.4 is 5.32 Å². The van der Waals surface area contributed by atoms with E-state index in [0.29, 0.717) is 26.3 Å². The van der Waals surface area contributed by atoms with E-state index >= 15 is 0 Å². The molecule has 2 aromatic heterocycles. The van der Waals surface area contributed by atoms with Gasteiger partial charge in [0.05, 0.1) is 13.2 Å². The molecule has 1 unspecified atom stereocenters. The van der Waals surface area contributed by atoms with Crippen LogP contribution in [0.2, 0.25) is 0 Å². The molecule has 5 nitrogen and oxygen atoms in total. The Hall–Kier alpha value is -1.79. The van der Waals surface area contributed by atoms with Crippen molar-refractivity contribution in [1.29, 1.82) is 0 Å². The van der Waals surface area contributed by atoms with Crippen molar-refractivity contribution < 1.29 is 13.9 Å². The first kappa shape index (κ1) is 15.1. The fourth-order valence-corrected chi connectivity index (χ4v) is 3.19. The summed E-state index contributed by atoms with van der Waals surface area (Å²) in [7, 11) is 0. The van der Waals surface area contributed by atoms with Crippen molar-refractivity contribution in [2.24, 2.45) is 0 Å². The Labute approximate surface area is 133 Å². The van der Waals surface area contributed by atoms with Crippen molar-refractivity contribution in [2.45, 2.75) is 25.9 Å². The number of rotatable bonds is 4. The highest BCUT2D eigenvalue weighted by Crippen LogP contribution is 2.26. The number of nitrogens with zero attached hydrogens (tertiary/aromatic N) is 1. The smallest absolute Gasteiger partial charge is 0.318 e. The number of hydrogen-bond donors (Lipinski definition) is 1. The number of morpholine rings is 1. The Bertz CT molecular complexity index is 609. The van der Waals surface area contributed by atoms with E-state index in [0.717, 1.165) is 23.5 Å². The summed E-state index contributed by atoms with van der Waals surface area (Å²) in [5.74, 6) is 1.72. The van der Waals surface area contributed by atoms with Gasteiger partial charge in [0.15, 0.2) is 0 Å². The standard InChI is InChI=1S/C16H20N2O3S/c1-2-13-3-4-15(21-13)14-10-20-7-6-18(14)16(19)17-9-12-5-8-22-11-12/h3-5,8,11,14H,2,6-7,9-10H2,1H3,(H,17,19). The molecule has 0 saturated carbocycles. The Balaban J connectivity index is 1.67. The molecule has 1 N–H and O–H groups in total. The predicted molar refractivity (Wildman–Crippen MR) is 84.9 cm³/mol. The summed E-state index contributed by atoms with van der Waals surface area (Å²) in [6.45, 7) is 4.20. The van der Waals surface area contributed by atoms with Gasteiger partial charge in [-0.2, -0.15) is 11.3 Å². The summed E-state index contributed by atoms with van der Waals surface area (Å²) in [6, 6.07) is 5.69. The highest BCUT2D eigenvalue weighted by atomic mass is 32.1. The predicted octanol–water partition coefficient (Wildman–Crippen LogP) is 3.19. The molecule has 3 heterocycles. The molecule has 1 aliphatic heterocycles. The van der Waals surface area contributed by atoms with Crippen molar-refractivity contribution in [3.63, 3.8) is 0 Å². The second-order valence-corrected chi connectivity index (χ2v) is 6.01. The molecule has 0 bridgehead atoms. The summed E-state index contributed by atoms with van der Waals surface area (Å²) in [6.07, 6.45) is 0.845. The summed E-state index contributed by atoms with van der Waals surface area (Å²) >= 11 is 1.63. The lowest BCUT2D eigenvalue weighted by Gasteiger charge is -2.34. The van der Waals surface area contributed by atoms with Crippen molar-refractivity contribution in [1.82, 2.24) is 10.2 Å². The molecule has 1 aliphatic rings. The number of urea groups is 1. The molecule has 22 heavy (non-hydrogen) atoms. The van der Waals surface area contributed by atoms with Gasteiger partial charge in [-0.25, -0.2) is 4.79 Å². The third-order valence-corrected chi connectivity index (χ3v) is 4.50. The first-order valence-corrected chi connectivity index (χ1v) is 8.44. The van der Waals surface area contributed by atoms with Gasteiger partial charge in [0, 0.05) is 19.5 Å². The minimum absolute atomic E-state index is 0.0750. The van der Waals surface area contributed by atoms with Gasteiger partial charge in [0.2, 0.25) is 0 Å². The van der Waals surface area contributed by atoms with Crippen LogP contribution in [-0.2, 0) is 17.7 Å². The van der Waals surface area contributed by atoms with Crippen LogP contribution in [0.15, 0.2) is 33.4 Å². The molecule has 6 heteroatoms. The number of ether oxygens (including phenoxy) is 1. The van der Waals surface area contributed by atoms with E-state index in [-0.39, 0.29) is 12.1 Å². The van der Waals surface area contributed by atoms with E-state index in [4.69, 9.17) is 9.15 Å². The van der Waals surface area contributed by atoms with E-state index in [1.54, 1.807) is 16.2 Å². The first-order valence-electron chi connectivity index (χ1n) is 7.50. The SMILES string of the molecule is CCc1ccc(C2COCCN2C(=O)NCc2ccsc2)o1. The van der Waals surface area contributed by atoms with Crippen molar-refractivity contribution in [2.75, 3.05) is 19.8 Å². The normalized spacial score (nSPS) is 18.4. The fourth-order valence-electron chi connectivity index (χ4n) is 2.52. The van der Waals surface area contributed by atoms with Gasteiger partial charge >= 0.3 is 6.03 Å². The second-order valence-electron chi connectivity index (χ2n) is 5.23. The second kappa shape index (κ2) is 6.98. The lowest BCUT2D eigenvalue weighted by Crippen LogP contribution is -2.47. The van der Waals surface area contributed by atoms with E-state index in [2.05, 4.69) is 5.32 Å². The quantitative estimate of drug-likeness (QED) is 0.941. The van der Waals surface area contributed by atoms with Crippen LogP contribution in [0.4, 0.5) is 4.79 Å². The van der Waals surface area contributed by atoms with Gasteiger partial charge in [0.1, 0.15) is 17.6 Å². The van der Waals surface area contributed by atoms with Crippen LogP contribution in [0.1, 0.15) is 30.0 Å². The van der Waals surface area contributed by atoms with E-state index < -0.39 is 0 Å². The summed E-state index contributed by atoms with van der Waals surface area (Å²) in [4.78, 5) is 14.3. The zero-order valence-electron chi connectivity index (χ0n) is 12.6. The van der Waals surface area contributed by atoms with Crippen molar-refractivity contribution in [3.8, 4) is 0 Å². The summed E-state index contributed by atoms with van der Waals surface area (Å²) in [5.41, 5.74) is 1.12. The average Bonchev–Trinajstić information content (AvgIpc) is 3.24. The fraction of sp³-hybridized carbons (Fsp3) is 0.438. The minimum Gasteiger partial charge on any atom is -0.464 e. The minimum atomic E-state index is -0.156. The number of amides is 2. The third-order valence-electron chi connectivity index (χ3n) is 3.77. The number of carbonyl (C=O) groups excluding carboxylic acids is 1. The highest BCUT2D eigenvalue weighted by molar-refractivity contribution is 7.07. The van der Waals surface area contributed by atoms with Gasteiger partial charge in [-0.3, -0.25) is 0 Å². The molecule has 0 aromatic carbocycles. The molecule has 0 spiro atoms. The van der Waals surface area contributed by atoms with E-state index in [1.165, 1.54) is 0 Å². The third kappa shape index (κ3) is 3.34. The Morgan fingerprint density at radius 3 is 3.09 bits per heavy atom. The summed E-state index contributed by atoms with van der Waals surface area (Å²) in [5, 5.41) is 7.02. The Morgan fingerprint density at radius 2 is 2.36 bits per heavy atom. The molecule has 1 saturated heterocycles. The summed E-state index contributed by atoms with van der Waals surface area (Å²) < 4.78 is 11.3. The first-order chi connectivity index (χ1) is 10.8. The molecule has 1 atom stereocenters. The number of aryl methyl sites for hydroxylation is 1. The zero-order chi connectivity index (χ0) is 15.4. The monoisotopic (exact) mass is 320 g/mol. The molecule has 0 aliphatic carbocycles. The molecule has 118 valence electrons. The van der Waals surface area contributed by atoms with E-state index in [1.807, 2.05) is 35.9 Å². The molecule has 1 fully saturated rings. The van der Waals surface area contributed by atoms with Crippen LogP contribution in [0, 0.1) is 0 Å². The number of carbonyl (C=O) groups is 1. The topological polar surface area (TPSA) is 54.7 Å². The van der Waals surface area contributed by atoms with Crippen LogP contribution in [0.5, 0.6) is 0 Å². The van der Waals surface area contributed by atoms with Crippen LogP contribution in [0.25, 0.3) is 0 Å².